The molecule has 4 nitrogen and oxygen atoms in total. The van der Waals surface area contributed by atoms with Crippen LogP contribution in [-0.4, -0.2) is 16.3 Å². The van der Waals surface area contributed by atoms with Gasteiger partial charge in [-0.05, 0) is 35.1 Å². The van der Waals surface area contributed by atoms with E-state index in [4.69, 9.17) is 11.6 Å². The summed E-state index contributed by atoms with van der Waals surface area (Å²) in [4.78, 5) is 25.3. The SMILES string of the molecule is CC1(C)Cc2c(-c3ccccc3)c(-c3ccc(Cl)cc3)c(C(=O)C(=O)OBr)n2C1. The van der Waals surface area contributed by atoms with Gasteiger partial charge in [0.1, 0.15) is 5.69 Å². The van der Waals surface area contributed by atoms with Crippen LogP contribution in [0.4, 0.5) is 0 Å². The number of nitrogens with zero attached hydrogens (tertiary/aromatic N) is 1. The summed E-state index contributed by atoms with van der Waals surface area (Å²) in [6, 6.07) is 17.3. The second-order valence-corrected chi connectivity index (χ2v) is 8.80. The summed E-state index contributed by atoms with van der Waals surface area (Å²) in [6.07, 6.45) is 0.800. The molecule has 1 aliphatic rings. The third-order valence-electron chi connectivity index (χ3n) is 5.27. The average molecular weight is 473 g/mol. The van der Waals surface area contributed by atoms with E-state index in [2.05, 4.69) is 33.9 Å². The van der Waals surface area contributed by atoms with Gasteiger partial charge in [-0.15, -0.1) is 0 Å². The van der Waals surface area contributed by atoms with E-state index in [9.17, 15) is 9.59 Å². The molecular formula is C23H19BrClNO3. The molecule has 0 radical (unpaired) electrons. The Hall–Kier alpha value is -2.37. The van der Waals surface area contributed by atoms with Crippen LogP contribution < -0.4 is 0 Å². The van der Waals surface area contributed by atoms with E-state index in [0.717, 1.165) is 34.4 Å². The number of rotatable bonds is 4. The van der Waals surface area contributed by atoms with Crippen molar-refractivity contribution < 1.29 is 13.4 Å². The maximum atomic E-state index is 13.1. The molecule has 0 fully saturated rings. The maximum Gasteiger partial charge on any atom is 0.392 e. The molecule has 1 aromatic heterocycles. The van der Waals surface area contributed by atoms with E-state index in [0.29, 0.717) is 17.3 Å². The Labute approximate surface area is 182 Å². The standard InChI is InChI=1S/C23H19BrClNO3/c1-23(2)12-17-18(14-6-4-3-5-7-14)19(15-8-10-16(25)11-9-15)20(26(17)13-23)21(27)22(28)29-24/h3-11H,12-13H2,1-2H3. The van der Waals surface area contributed by atoms with Gasteiger partial charge >= 0.3 is 5.97 Å². The Bertz CT molecular complexity index is 1100. The van der Waals surface area contributed by atoms with Crippen LogP contribution >= 0.6 is 27.9 Å². The number of carbonyl (C=O) groups excluding carboxylic acids is 2. The second-order valence-electron chi connectivity index (χ2n) is 8.04. The lowest BCUT2D eigenvalue weighted by Gasteiger charge is -2.18. The van der Waals surface area contributed by atoms with Gasteiger partial charge in [-0.3, -0.25) is 4.79 Å². The van der Waals surface area contributed by atoms with Gasteiger partial charge in [-0.2, -0.15) is 0 Å². The van der Waals surface area contributed by atoms with Gasteiger partial charge < -0.3 is 8.40 Å². The lowest BCUT2D eigenvalue weighted by atomic mass is 9.86. The minimum Gasteiger partial charge on any atom is -0.377 e. The predicted molar refractivity (Wildman–Crippen MR) is 117 cm³/mol. The van der Waals surface area contributed by atoms with Crippen molar-refractivity contribution >= 4 is 39.6 Å². The highest BCUT2D eigenvalue weighted by Crippen LogP contribution is 2.47. The van der Waals surface area contributed by atoms with Crippen molar-refractivity contribution in [3.63, 3.8) is 0 Å². The summed E-state index contributed by atoms with van der Waals surface area (Å²) in [5.41, 5.74) is 4.94. The highest BCUT2D eigenvalue weighted by Gasteiger charge is 2.39. The Morgan fingerprint density at radius 2 is 1.62 bits per heavy atom. The minimum absolute atomic E-state index is 0.0231. The number of fused-ring (bicyclic) bond motifs is 1. The van der Waals surface area contributed by atoms with Crippen molar-refractivity contribution in [1.82, 2.24) is 4.57 Å². The highest BCUT2D eigenvalue weighted by atomic mass is 79.9. The molecule has 2 heterocycles. The first-order chi connectivity index (χ1) is 13.8. The average Bonchev–Trinajstić information content (AvgIpc) is 3.17. The van der Waals surface area contributed by atoms with Crippen LogP contribution in [0.25, 0.3) is 22.3 Å². The number of benzene rings is 2. The topological polar surface area (TPSA) is 48.3 Å². The lowest BCUT2D eigenvalue weighted by Crippen LogP contribution is -2.21. The van der Waals surface area contributed by atoms with Crippen LogP contribution in [0.1, 0.15) is 30.0 Å². The lowest BCUT2D eigenvalue weighted by molar-refractivity contribution is -0.127. The Balaban J connectivity index is 2.08. The molecule has 0 unspecified atom stereocenters. The highest BCUT2D eigenvalue weighted by molar-refractivity contribution is 9.06. The first kappa shape index (κ1) is 19.9. The molecule has 0 atom stereocenters. The molecule has 0 bridgehead atoms. The summed E-state index contributed by atoms with van der Waals surface area (Å²) in [7, 11) is 0. The van der Waals surface area contributed by atoms with Crippen LogP contribution in [-0.2, 0) is 21.6 Å². The van der Waals surface area contributed by atoms with Gasteiger partial charge in [0.2, 0.25) is 0 Å². The third-order valence-corrected chi connectivity index (χ3v) is 5.82. The van der Waals surface area contributed by atoms with Crippen molar-refractivity contribution in [2.45, 2.75) is 26.8 Å². The molecule has 148 valence electrons. The monoisotopic (exact) mass is 471 g/mol. The Kier molecular flexibility index (Phi) is 5.13. The van der Waals surface area contributed by atoms with E-state index in [-0.39, 0.29) is 5.41 Å². The first-order valence-corrected chi connectivity index (χ1v) is 10.3. The summed E-state index contributed by atoms with van der Waals surface area (Å²) in [5.74, 6) is -1.61. The first-order valence-electron chi connectivity index (χ1n) is 9.26. The molecular weight excluding hydrogens is 454 g/mol. The number of aromatic nitrogens is 1. The molecule has 4 rings (SSSR count). The van der Waals surface area contributed by atoms with Crippen LogP contribution in [0.5, 0.6) is 0 Å². The van der Waals surface area contributed by atoms with Gasteiger partial charge in [0.15, 0.2) is 16.3 Å². The molecule has 6 heteroatoms. The fourth-order valence-corrected chi connectivity index (χ4v) is 4.42. The zero-order valence-electron chi connectivity index (χ0n) is 16.0. The number of carbonyl (C=O) groups is 2. The van der Waals surface area contributed by atoms with Gasteiger partial charge in [-0.1, -0.05) is 67.9 Å². The van der Waals surface area contributed by atoms with E-state index in [1.54, 1.807) is 12.1 Å². The van der Waals surface area contributed by atoms with Crippen molar-refractivity contribution in [2.75, 3.05) is 0 Å². The molecule has 29 heavy (non-hydrogen) atoms. The number of Topliss-reactive ketones (excluding diaryl/α,β-unsaturated/α-hetero) is 1. The van der Waals surface area contributed by atoms with Crippen LogP contribution in [0, 0.1) is 5.41 Å². The van der Waals surface area contributed by atoms with Crippen molar-refractivity contribution in [3.05, 3.63) is 71.0 Å². The summed E-state index contributed by atoms with van der Waals surface area (Å²) < 4.78 is 6.58. The summed E-state index contributed by atoms with van der Waals surface area (Å²) in [6.45, 7) is 4.97. The largest absolute Gasteiger partial charge is 0.392 e. The van der Waals surface area contributed by atoms with E-state index < -0.39 is 11.8 Å². The predicted octanol–water partition coefficient (Wildman–Crippen LogP) is 6.09. The fourth-order valence-electron chi connectivity index (χ4n) is 4.14. The Morgan fingerprint density at radius 1 is 1.00 bits per heavy atom. The minimum atomic E-state index is -0.940. The molecule has 0 saturated heterocycles. The van der Waals surface area contributed by atoms with Crippen LogP contribution in [0.15, 0.2) is 54.6 Å². The smallest absolute Gasteiger partial charge is 0.377 e. The molecule has 1 aliphatic heterocycles. The summed E-state index contributed by atoms with van der Waals surface area (Å²) >= 11 is 8.75. The molecule has 0 N–H and O–H groups in total. The fraction of sp³-hybridized carbons (Fsp3) is 0.217. The van der Waals surface area contributed by atoms with Crippen molar-refractivity contribution in [3.8, 4) is 22.3 Å². The van der Waals surface area contributed by atoms with Gasteiger partial charge in [-0.25, -0.2) is 4.79 Å². The molecule has 0 spiro atoms. The zero-order valence-corrected chi connectivity index (χ0v) is 18.4. The number of ketones is 1. The van der Waals surface area contributed by atoms with E-state index >= 15 is 0 Å². The van der Waals surface area contributed by atoms with Crippen LogP contribution in [0.3, 0.4) is 0 Å². The number of hydrogen-bond acceptors (Lipinski definition) is 3. The van der Waals surface area contributed by atoms with Crippen molar-refractivity contribution in [1.29, 1.82) is 0 Å². The summed E-state index contributed by atoms with van der Waals surface area (Å²) in [5, 5.41) is 0.607. The molecule has 0 aliphatic carbocycles. The van der Waals surface area contributed by atoms with Crippen molar-refractivity contribution in [2.24, 2.45) is 5.41 Å². The normalized spacial score (nSPS) is 14.5. The number of halogens is 2. The van der Waals surface area contributed by atoms with E-state index in [1.165, 1.54) is 0 Å². The second kappa shape index (κ2) is 7.47. The number of hydrogen-bond donors (Lipinski definition) is 0. The zero-order chi connectivity index (χ0) is 20.8. The van der Waals surface area contributed by atoms with Gasteiger partial charge in [0.25, 0.3) is 5.78 Å². The molecule has 0 saturated carbocycles. The molecule has 2 aromatic carbocycles. The third kappa shape index (κ3) is 3.53. The molecule has 0 amide bonds. The van der Waals surface area contributed by atoms with Gasteiger partial charge in [0.05, 0.1) is 0 Å². The maximum absolute atomic E-state index is 13.1. The quantitative estimate of drug-likeness (QED) is 0.341. The Morgan fingerprint density at radius 3 is 2.24 bits per heavy atom. The molecule has 3 aromatic rings. The van der Waals surface area contributed by atoms with E-state index in [1.807, 2.05) is 47.0 Å². The van der Waals surface area contributed by atoms with Gasteiger partial charge in [0, 0.05) is 28.4 Å². The van der Waals surface area contributed by atoms with Crippen LogP contribution in [0.2, 0.25) is 5.02 Å².